The summed E-state index contributed by atoms with van der Waals surface area (Å²) >= 11 is 3.41. The van der Waals surface area contributed by atoms with Crippen LogP contribution in [0.5, 0.6) is 5.75 Å². The van der Waals surface area contributed by atoms with Gasteiger partial charge in [-0.15, -0.1) is 0 Å². The predicted molar refractivity (Wildman–Crippen MR) is 68.6 cm³/mol. The summed E-state index contributed by atoms with van der Waals surface area (Å²) in [6.07, 6.45) is 1.53. The van der Waals surface area contributed by atoms with Crippen molar-refractivity contribution < 1.29 is 14.3 Å². The molecule has 0 bridgehead atoms. The summed E-state index contributed by atoms with van der Waals surface area (Å²) in [4.78, 5) is 12.1. The SMILES string of the molecule is CCOc1ccc(C(=O)C2CCCO2)cc1Br. The van der Waals surface area contributed by atoms with Gasteiger partial charge < -0.3 is 9.47 Å². The van der Waals surface area contributed by atoms with E-state index in [0.717, 1.165) is 23.1 Å². The Morgan fingerprint density at radius 2 is 2.41 bits per heavy atom. The van der Waals surface area contributed by atoms with Gasteiger partial charge in [-0.05, 0) is 53.9 Å². The average molecular weight is 299 g/mol. The highest BCUT2D eigenvalue weighted by molar-refractivity contribution is 9.10. The fourth-order valence-corrected chi connectivity index (χ4v) is 2.39. The van der Waals surface area contributed by atoms with Crippen molar-refractivity contribution in [2.75, 3.05) is 13.2 Å². The first-order valence-corrected chi connectivity index (χ1v) is 6.60. The van der Waals surface area contributed by atoms with E-state index < -0.39 is 0 Å². The number of ether oxygens (including phenoxy) is 2. The minimum atomic E-state index is -0.264. The van der Waals surface area contributed by atoms with E-state index in [-0.39, 0.29) is 11.9 Å². The van der Waals surface area contributed by atoms with Crippen molar-refractivity contribution >= 4 is 21.7 Å². The van der Waals surface area contributed by atoms with Crippen molar-refractivity contribution in [1.29, 1.82) is 0 Å². The van der Waals surface area contributed by atoms with Gasteiger partial charge in [-0.2, -0.15) is 0 Å². The normalized spacial score (nSPS) is 19.3. The molecule has 1 unspecified atom stereocenters. The van der Waals surface area contributed by atoms with Crippen LogP contribution in [0.15, 0.2) is 22.7 Å². The molecule has 1 atom stereocenters. The summed E-state index contributed by atoms with van der Waals surface area (Å²) in [5, 5.41) is 0. The van der Waals surface area contributed by atoms with E-state index in [1.165, 1.54) is 0 Å². The molecule has 0 amide bonds. The number of ketones is 1. The molecule has 1 heterocycles. The Morgan fingerprint density at radius 3 is 3.00 bits per heavy atom. The van der Waals surface area contributed by atoms with Crippen LogP contribution in [-0.2, 0) is 4.74 Å². The minimum Gasteiger partial charge on any atom is -0.493 e. The highest BCUT2D eigenvalue weighted by Crippen LogP contribution is 2.27. The van der Waals surface area contributed by atoms with E-state index in [4.69, 9.17) is 9.47 Å². The van der Waals surface area contributed by atoms with Crippen molar-refractivity contribution in [3.8, 4) is 5.75 Å². The molecular weight excluding hydrogens is 284 g/mol. The Balaban J connectivity index is 2.16. The van der Waals surface area contributed by atoms with Crippen LogP contribution in [0.3, 0.4) is 0 Å². The number of hydrogen-bond donors (Lipinski definition) is 0. The Bertz CT molecular complexity index is 411. The maximum absolute atomic E-state index is 12.1. The third kappa shape index (κ3) is 2.87. The van der Waals surface area contributed by atoms with E-state index >= 15 is 0 Å². The molecule has 0 N–H and O–H groups in total. The van der Waals surface area contributed by atoms with Crippen LogP contribution in [0.4, 0.5) is 0 Å². The van der Waals surface area contributed by atoms with Gasteiger partial charge in [-0.1, -0.05) is 0 Å². The van der Waals surface area contributed by atoms with Crippen molar-refractivity contribution in [1.82, 2.24) is 0 Å². The Hall–Kier alpha value is -0.870. The first-order valence-electron chi connectivity index (χ1n) is 5.80. The minimum absolute atomic E-state index is 0.0613. The standard InChI is InChI=1S/C13H15BrO3/c1-2-16-11-6-5-9(8-10(11)14)13(15)12-4-3-7-17-12/h5-6,8,12H,2-4,7H2,1H3. The Labute approximate surface area is 109 Å². The molecule has 1 aliphatic heterocycles. The average Bonchev–Trinajstić information content (AvgIpc) is 2.84. The van der Waals surface area contributed by atoms with Gasteiger partial charge in [0, 0.05) is 12.2 Å². The zero-order chi connectivity index (χ0) is 12.3. The van der Waals surface area contributed by atoms with E-state index in [2.05, 4.69) is 15.9 Å². The Kier molecular flexibility index (Phi) is 4.18. The van der Waals surface area contributed by atoms with Crippen molar-refractivity contribution in [2.24, 2.45) is 0 Å². The highest BCUT2D eigenvalue weighted by atomic mass is 79.9. The van der Waals surface area contributed by atoms with Gasteiger partial charge in [0.1, 0.15) is 11.9 Å². The lowest BCUT2D eigenvalue weighted by molar-refractivity contribution is 0.0643. The number of halogens is 1. The molecule has 3 nitrogen and oxygen atoms in total. The number of rotatable bonds is 4. The third-order valence-corrected chi connectivity index (χ3v) is 3.36. The van der Waals surface area contributed by atoms with Gasteiger partial charge in [-0.25, -0.2) is 0 Å². The van der Waals surface area contributed by atoms with Crippen LogP contribution in [0, 0.1) is 0 Å². The second-order valence-electron chi connectivity index (χ2n) is 3.94. The van der Waals surface area contributed by atoms with Crippen LogP contribution in [-0.4, -0.2) is 25.1 Å². The highest BCUT2D eigenvalue weighted by Gasteiger charge is 2.25. The summed E-state index contributed by atoms with van der Waals surface area (Å²) < 4.78 is 11.6. The van der Waals surface area contributed by atoms with Gasteiger partial charge in [0.2, 0.25) is 0 Å². The molecule has 0 aromatic heterocycles. The lowest BCUT2D eigenvalue weighted by atomic mass is 10.0. The summed E-state index contributed by atoms with van der Waals surface area (Å²) in [6, 6.07) is 5.41. The first kappa shape index (κ1) is 12.6. The molecule has 17 heavy (non-hydrogen) atoms. The molecule has 1 aromatic carbocycles. The summed E-state index contributed by atoms with van der Waals surface area (Å²) in [7, 11) is 0. The van der Waals surface area contributed by atoms with Gasteiger partial charge in [0.15, 0.2) is 5.78 Å². The van der Waals surface area contributed by atoms with E-state index in [9.17, 15) is 4.79 Å². The molecule has 0 radical (unpaired) electrons. The number of Topliss-reactive ketones (excluding diaryl/α,β-unsaturated/α-hetero) is 1. The number of carbonyl (C=O) groups is 1. The summed E-state index contributed by atoms with van der Waals surface area (Å²) in [5.74, 6) is 0.822. The topological polar surface area (TPSA) is 35.5 Å². The lowest BCUT2D eigenvalue weighted by Crippen LogP contribution is -2.19. The summed E-state index contributed by atoms with van der Waals surface area (Å²) in [5.41, 5.74) is 0.673. The van der Waals surface area contributed by atoms with Crippen molar-refractivity contribution in [3.63, 3.8) is 0 Å². The van der Waals surface area contributed by atoms with Crippen LogP contribution in [0.25, 0.3) is 0 Å². The zero-order valence-corrected chi connectivity index (χ0v) is 11.3. The molecule has 4 heteroatoms. The van der Waals surface area contributed by atoms with Crippen molar-refractivity contribution in [3.05, 3.63) is 28.2 Å². The second-order valence-corrected chi connectivity index (χ2v) is 4.80. The molecule has 0 aliphatic carbocycles. The van der Waals surface area contributed by atoms with Crippen LogP contribution < -0.4 is 4.74 Å². The maximum atomic E-state index is 12.1. The monoisotopic (exact) mass is 298 g/mol. The molecule has 92 valence electrons. The molecule has 2 rings (SSSR count). The molecule has 1 aromatic rings. The molecular formula is C13H15BrO3. The van der Waals surface area contributed by atoms with Gasteiger partial charge >= 0.3 is 0 Å². The fraction of sp³-hybridized carbons (Fsp3) is 0.462. The lowest BCUT2D eigenvalue weighted by Gasteiger charge is -2.10. The number of benzene rings is 1. The molecule has 0 spiro atoms. The smallest absolute Gasteiger partial charge is 0.191 e. The van der Waals surface area contributed by atoms with Gasteiger partial charge in [0.25, 0.3) is 0 Å². The maximum Gasteiger partial charge on any atom is 0.191 e. The zero-order valence-electron chi connectivity index (χ0n) is 9.74. The van der Waals surface area contributed by atoms with Crippen molar-refractivity contribution in [2.45, 2.75) is 25.9 Å². The van der Waals surface area contributed by atoms with E-state index in [1.807, 2.05) is 13.0 Å². The number of hydrogen-bond acceptors (Lipinski definition) is 3. The predicted octanol–water partition coefficient (Wildman–Crippen LogP) is 3.21. The van der Waals surface area contributed by atoms with E-state index in [1.54, 1.807) is 12.1 Å². The molecule has 0 saturated carbocycles. The Morgan fingerprint density at radius 1 is 1.59 bits per heavy atom. The molecule has 1 saturated heterocycles. The molecule has 1 aliphatic rings. The largest absolute Gasteiger partial charge is 0.493 e. The quantitative estimate of drug-likeness (QED) is 0.801. The van der Waals surface area contributed by atoms with Gasteiger partial charge in [0.05, 0.1) is 11.1 Å². The van der Waals surface area contributed by atoms with Crippen LogP contribution >= 0.6 is 15.9 Å². The van der Waals surface area contributed by atoms with Gasteiger partial charge in [-0.3, -0.25) is 4.79 Å². The van der Waals surface area contributed by atoms with Crippen LogP contribution in [0.2, 0.25) is 0 Å². The number of carbonyl (C=O) groups excluding carboxylic acids is 1. The summed E-state index contributed by atoms with van der Waals surface area (Å²) in [6.45, 7) is 3.23. The fourth-order valence-electron chi connectivity index (χ4n) is 1.90. The second kappa shape index (κ2) is 5.65. The third-order valence-electron chi connectivity index (χ3n) is 2.74. The van der Waals surface area contributed by atoms with E-state index in [0.29, 0.717) is 18.8 Å². The first-order chi connectivity index (χ1) is 8.22. The molecule has 1 fully saturated rings. The van der Waals surface area contributed by atoms with Crippen LogP contribution in [0.1, 0.15) is 30.1 Å².